The van der Waals surface area contributed by atoms with Crippen molar-refractivity contribution in [1.29, 1.82) is 0 Å². The number of nitroso groups, excluding NO2 is 1. The van der Waals surface area contributed by atoms with Crippen LogP contribution >= 0.6 is 11.8 Å². The number of rotatable bonds is 0. The van der Waals surface area contributed by atoms with E-state index in [1.807, 2.05) is 6.07 Å². The molecule has 0 unspecified atom stereocenters. The standard InChI is InChI=1S/C8H6NO2S/c10-8-5-9(11)6-3-1-2-4-7(6)12-8/h1-4H,5H2/q+1. The molecule has 1 aliphatic rings. The zero-order chi connectivity index (χ0) is 8.55. The molecule has 1 aliphatic heterocycles. The van der Waals surface area contributed by atoms with Gasteiger partial charge < -0.3 is 0 Å². The van der Waals surface area contributed by atoms with Crippen LogP contribution in [-0.4, -0.2) is 16.4 Å². The summed E-state index contributed by atoms with van der Waals surface area (Å²) in [7, 11) is 0. The van der Waals surface area contributed by atoms with Gasteiger partial charge in [0.25, 0.3) is 17.3 Å². The fraction of sp³-hybridized carbons (Fsp3) is 0.125. The summed E-state index contributed by atoms with van der Waals surface area (Å²) in [6.45, 7) is -0.0400. The van der Waals surface area contributed by atoms with Gasteiger partial charge in [-0.05, 0) is 17.8 Å². The zero-order valence-electron chi connectivity index (χ0n) is 6.19. The van der Waals surface area contributed by atoms with Crippen LogP contribution in [0.3, 0.4) is 0 Å². The third kappa shape index (κ3) is 1.14. The first kappa shape index (κ1) is 7.49. The van der Waals surface area contributed by atoms with Crippen molar-refractivity contribution in [2.45, 2.75) is 4.90 Å². The summed E-state index contributed by atoms with van der Waals surface area (Å²) >= 11 is 1.14. The summed E-state index contributed by atoms with van der Waals surface area (Å²) in [4.78, 5) is 22.9. The Morgan fingerprint density at radius 1 is 1.33 bits per heavy atom. The average Bonchev–Trinajstić information content (AvgIpc) is 2.04. The summed E-state index contributed by atoms with van der Waals surface area (Å²) in [6.07, 6.45) is 0. The van der Waals surface area contributed by atoms with E-state index in [1.165, 1.54) is 0 Å². The molecule has 4 heteroatoms. The molecule has 0 aromatic heterocycles. The summed E-state index contributed by atoms with van der Waals surface area (Å²) in [6, 6.07) is 7.11. The molecule has 1 aromatic carbocycles. The van der Waals surface area contributed by atoms with Crippen molar-refractivity contribution in [3.8, 4) is 0 Å². The van der Waals surface area contributed by atoms with Gasteiger partial charge in [-0.25, -0.2) is 0 Å². The van der Waals surface area contributed by atoms with Crippen LogP contribution in [0.1, 0.15) is 0 Å². The molecule has 0 saturated heterocycles. The van der Waals surface area contributed by atoms with Crippen molar-refractivity contribution >= 4 is 22.6 Å². The van der Waals surface area contributed by atoms with Crippen molar-refractivity contribution in [3.05, 3.63) is 29.2 Å². The van der Waals surface area contributed by atoms with Gasteiger partial charge in [0.15, 0.2) is 0 Å². The van der Waals surface area contributed by atoms with E-state index >= 15 is 0 Å². The molecule has 2 rings (SSSR count). The zero-order valence-corrected chi connectivity index (χ0v) is 7.00. The van der Waals surface area contributed by atoms with Gasteiger partial charge in [-0.1, -0.05) is 12.1 Å². The fourth-order valence-corrected chi connectivity index (χ4v) is 1.95. The highest BCUT2D eigenvalue weighted by Crippen LogP contribution is 2.33. The van der Waals surface area contributed by atoms with Crippen LogP contribution in [0.5, 0.6) is 0 Å². The van der Waals surface area contributed by atoms with Crippen molar-refractivity contribution in [1.82, 2.24) is 0 Å². The third-order valence-electron chi connectivity index (χ3n) is 1.63. The molecule has 0 amide bonds. The van der Waals surface area contributed by atoms with Gasteiger partial charge in [-0.2, -0.15) is 0 Å². The van der Waals surface area contributed by atoms with Crippen LogP contribution in [-0.2, 0) is 4.79 Å². The maximum Gasteiger partial charge on any atom is 0.270 e. The first-order valence-corrected chi connectivity index (χ1v) is 4.33. The molecule has 0 aliphatic carbocycles. The van der Waals surface area contributed by atoms with Crippen molar-refractivity contribution in [2.24, 2.45) is 0 Å². The molecule has 3 nitrogen and oxygen atoms in total. The molecule has 0 fully saturated rings. The van der Waals surface area contributed by atoms with Crippen LogP contribution in [0.2, 0.25) is 0 Å². The Bertz CT molecular complexity index is 362. The summed E-state index contributed by atoms with van der Waals surface area (Å²) in [5.41, 5.74) is 0.599. The number of nitrogens with zero attached hydrogens (tertiary/aromatic N) is 1. The normalized spacial score (nSPS) is 16.0. The molecule has 1 aromatic rings. The molecule has 12 heavy (non-hydrogen) atoms. The van der Waals surface area contributed by atoms with E-state index in [9.17, 15) is 9.70 Å². The monoisotopic (exact) mass is 180 g/mol. The predicted octanol–water partition coefficient (Wildman–Crippen LogP) is 1.73. The average molecular weight is 180 g/mol. The third-order valence-corrected chi connectivity index (χ3v) is 2.55. The molecule has 0 bridgehead atoms. The summed E-state index contributed by atoms with van der Waals surface area (Å²) in [5, 5.41) is -0.0938. The van der Waals surface area contributed by atoms with E-state index in [-0.39, 0.29) is 11.7 Å². The first-order chi connectivity index (χ1) is 5.77. The first-order valence-electron chi connectivity index (χ1n) is 3.52. The van der Waals surface area contributed by atoms with Crippen LogP contribution in [0.4, 0.5) is 5.69 Å². The van der Waals surface area contributed by atoms with Crippen molar-refractivity contribution in [3.63, 3.8) is 0 Å². The number of thioether (sulfide) groups is 1. The number of fused-ring (bicyclic) bond motifs is 1. The minimum absolute atomic E-state index is 0.0400. The molecule has 0 atom stereocenters. The van der Waals surface area contributed by atoms with Crippen LogP contribution in [0, 0.1) is 4.91 Å². The van der Waals surface area contributed by atoms with E-state index in [4.69, 9.17) is 0 Å². The van der Waals surface area contributed by atoms with E-state index in [1.54, 1.807) is 18.2 Å². The Labute approximate surface area is 73.3 Å². The highest BCUT2D eigenvalue weighted by Gasteiger charge is 2.30. The Balaban J connectivity index is 2.54. The number of para-hydroxylation sites is 1. The Kier molecular flexibility index (Phi) is 1.69. The smallest absolute Gasteiger partial charge is 0.270 e. The van der Waals surface area contributed by atoms with Gasteiger partial charge in [0, 0.05) is 15.7 Å². The minimum atomic E-state index is -0.0938. The molecule has 0 saturated carbocycles. The largest absolute Gasteiger partial charge is 0.279 e. The number of hydrogen-bond acceptors (Lipinski definition) is 3. The highest BCUT2D eigenvalue weighted by molar-refractivity contribution is 8.13. The molecular formula is C8H6NO2S+. The van der Waals surface area contributed by atoms with Gasteiger partial charge in [0.2, 0.25) is 0 Å². The Morgan fingerprint density at radius 3 is 2.92 bits per heavy atom. The lowest BCUT2D eigenvalue weighted by atomic mass is 10.3. The van der Waals surface area contributed by atoms with Crippen molar-refractivity contribution < 1.29 is 9.55 Å². The fourth-order valence-electron chi connectivity index (χ4n) is 1.11. The maximum absolute atomic E-state index is 11.2. The van der Waals surface area contributed by atoms with Gasteiger partial charge in [-0.3, -0.25) is 4.79 Å². The number of hydrogen-bond donors (Lipinski definition) is 0. The topological polar surface area (TPSA) is 37.1 Å². The maximum atomic E-state index is 11.2. The van der Waals surface area contributed by atoms with Crippen molar-refractivity contribution in [2.75, 3.05) is 6.54 Å². The molecule has 0 N–H and O–H groups in total. The molecule has 0 spiro atoms. The van der Waals surface area contributed by atoms with E-state index < -0.39 is 0 Å². The lowest BCUT2D eigenvalue weighted by molar-refractivity contribution is -0.452. The van der Waals surface area contributed by atoms with E-state index in [0.717, 1.165) is 21.4 Å². The lowest BCUT2D eigenvalue weighted by Gasteiger charge is -2.04. The lowest BCUT2D eigenvalue weighted by Crippen LogP contribution is -2.16. The minimum Gasteiger partial charge on any atom is -0.279 e. The van der Waals surface area contributed by atoms with Crippen LogP contribution < -0.4 is 0 Å². The Hall–Kier alpha value is -1.16. The molecule has 60 valence electrons. The van der Waals surface area contributed by atoms with Gasteiger partial charge in [-0.15, -0.1) is 0 Å². The molecule has 0 radical (unpaired) electrons. The second-order valence-corrected chi connectivity index (χ2v) is 3.58. The number of carbonyl (C=O) groups is 1. The SMILES string of the molecule is O=C1C[N+](=O)c2ccccc2S1. The predicted molar refractivity (Wildman–Crippen MR) is 45.5 cm³/mol. The number of carbonyl (C=O) groups excluding carboxylic acids is 1. The highest BCUT2D eigenvalue weighted by atomic mass is 32.2. The Morgan fingerprint density at radius 2 is 2.08 bits per heavy atom. The van der Waals surface area contributed by atoms with Gasteiger partial charge >= 0.3 is 0 Å². The second kappa shape index (κ2) is 2.71. The van der Waals surface area contributed by atoms with E-state index in [2.05, 4.69) is 0 Å². The van der Waals surface area contributed by atoms with Gasteiger partial charge in [0.05, 0.1) is 4.90 Å². The molecule has 1 heterocycles. The van der Waals surface area contributed by atoms with Gasteiger partial charge in [0.1, 0.15) is 0 Å². The van der Waals surface area contributed by atoms with Crippen LogP contribution in [0.25, 0.3) is 0 Å². The quantitative estimate of drug-likeness (QED) is 0.570. The summed E-state index contributed by atoms with van der Waals surface area (Å²) in [5.74, 6) is 0. The second-order valence-electron chi connectivity index (χ2n) is 2.48. The molecular weight excluding hydrogens is 174 g/mol. The van der Waals surface area contributed by atoms with E-state index in [0.29, 0.717) is 5.69 Å². The summed E-state index contributed by atoms with van der Waals surface area (Å²) < 4.78 is 0.730. The number of benzene rings is 1. The van der Waals surface area contributed by atoms with Crippen LogP contribution in [0.15, 0.2) is 29.2 Å².